The topological polar surface area (TPSA) is 110 Å². The molecule has 0 saturated carbocycles. The standard InChI is InChI=1S/C13H23N3O3S/c1-3-11(4-2)16(7-8-17)12-6-5-10(14)9-13(12)20(15,18)19/h5-6,9,11,17H,3-4,7-8,14H2,1-2H3,(H2,15,18,19). The number of aliphatic hydroxyl groups is 1. The van der Waals surface area contributed by atoms with Gasteiger partial charge < -0.3 is 15.7 Å². The monoisotopic (exact) mass is 301 g/mol. The van der Waals surface area contributed by atoms with E-state index in [9.17, 15) is 13.5 Å². The van der Waals surface area contributed by atoms with Crippen molar-refractivity contribution in [3.8, 4) is 0 Å². The van der Waals surface area contributed by atoms with Gasteiger partial charge in [-0.2, -0.15) is 0 Å². The van der Waals surface area contributed by atoms with Gasteiger partial charge in [-0.25, -0.2) is 13.6 Å². The fourth-order valence-electron chi connectivity index (χ4n) is 2.33. The lowest BCUT2D eigenvalue weighted by molar-refractivity contribution is 0.295. The van der Waals surface area contributed by atoms with Crippen molar-refractivity contribution >= 4 is 21.4 Å². The molecule has 114 valence electrons. The summed E-state index contributed by atoms with van der Waals surface area (Å²) in [5.41, 5.74) is 6.48. The number of nitrogens with two attached hydrogens (primary N) is 2. The van der Waals surface area contributed by atoms with E-state index in [1.165, 1.54) is 6.07 Å². The van der Waals surface area contributed by atoms with Gasteiger partial charge in [-0.1, -0.05) is 13.8 Å². The molecule has 1 rings (SSSR count). The smallest absolute Gasteiger partial charge is 0.240 e. The third kappa shape index (κ3) is 3.84. The van der Waals surface area contributed by atoms with Gasteiger partial charge >= 0.3 is 0 Å². The molecule has 0 spiro atoms. The zero-order valence-electron chi connectivity index (χ0n) is 11.9. The number of benzene rings is 1. The van der Waals surface area contributed by atoms with Crippen LogP contribution in [0.25, 0.3) is 0 Å². The van der Waals surface area contributed by atoms with E-state index < -0.39 is 10.0 Å². The van der Waals surface area contributed by atoms with E-state index in [1.807, 2.05) is 18.7 Å². The molecule has 0 aliphatic rings. The lowest BCUT2D eigenvalue weighted by Gasteiger charge is -2.33. The quantitative estimate of drug-likeness (QED) is 0.648. The van der Waals surface area contributed by atoms with Gasteiger partial charge in [0.1, 0.15) is 4.90 Å². The number of rotatable bonds is 7. The Morgan fingerprint density at radius 1 is 1.30 bits per heavy atom. The minimum Gasteiger partial charge on any atom is -0.399 e. The summed E-state index contributed by atoms with van der Waals surface area (Å²) >= 11 is 0. The summed E-state index contributed by atoms with van der Waals surface area (Å²) < 4.78 is 23.5. The second kappa shape index (κ2) is 6.92. The summed E-state index contributed by atoms with van der Waals surface area (Å²) in [6, 6.07) is 4.77. The average Bonchev–Trinajstić information content (AvgIpc) is 2.38. The van der Waals surface area contributed by atoms with Crippen molar-refractivity contribution in [2.75, 3.05) is 23.8 Å². The van der Waals surface area contributed by atoms with Gasteiger partial charge in [-0.15, -0.1) is 0 Å². The summed E-state index contributed by atoms with van der Waals surface area (Å²) in [4.78, 5) is 1.87. The van der Waals surface area contributed by atoms with E-state index in [1.54, 1.807) is 12.1 Å². The van der Waals surface area contributed by atoms with Crippen molar-refractivity contribution in [1.29, 1.82) is 0 Å². The van der Waals surface area contributed by atoms with Crippen molar-refractivity contribution in [3.63, 3.8) is 0 Å². The highest BCUT2D eigenvalue weighted by atomic mass is 32.2. The van der Waals surface area contributed by atoms with Gasteiger partial charge in [0.05, 0.1) is 12.3 Å². The van der Waals surface area contributed by atoms with Crippen LogP contribution in [0.15, 0.2) is 23.1 Å². The Hall–Kier alpha value is -1.31. The van der Waals surface area contributed by atoms with Gasteiger partial charge in [0.2, 0.25) is 10.0 Å². The van der Waals surface area contributed by atoms with Gasteiger partial charge in [-0.05, 0) is 31.0 Å². The zero-order valence-corrected chi connectivity index (χ0v) is 12.7. The Morgan fingerprint density at radius 3 is 2.35 bits per heavy atom. The summed E-state index contributed by atoms with van der Waals surface area (Å²) in [6.45, 7) is 4.32. The highest BCUT2D eigenvalue weighted by Crippen LogP contribution is 2.29. The molecule has 0 atom stereocenters. The van der Waals surface area contributed by atoms with Crippen LogP contribution in [-0.4, -0.2) is 32.7 Å². The Bertz CT molecular complexity index is 542. The number of anilines is 2. The first kappa shape index (κ1) is 16.7. The zero-order chi connectivity index (χ0) is 15.3. The van der Waals surface area contributed by atoms with Crippen molar-refractivity contribution < 1.29 is 13.5 Å². The number of primary sulfonamides is 1. The molecule has 0 aliphatic heterocycles. The van der Waals surface area contributed by atoms with Crippen LogP contribution in [0.4, 0.5) is 11.4 Å². The molecular formula is C13H23N3O3S. The number of sulfonamides is 1. The van der Waals surface area contributed by atoms with Gasteiger partial charge in [0, 0.05) is 18.3 Å². The molecule has 0 bridgehead atoms. The average molecular weight is 301 g/mol. The first-order valence-electron chi connectivity index (χ1n) is 6.64. The van der Waals surface area contributed by atoms with E-state index in [0.29, 0.717) is 17.9 Å². The number of hydrogen-bond donors (Lipinski definition) is 3. The van der Waals surface area contributed by atoms with Crippen molar-refractivity contribution in [3.05, 3.63) is 18.2 Å². The largest absolute Gasteiger partial charge is 0.399 e. The van der Waals surface area contributed by atoms with Crippen LogP contribution in [0.3, 0.4) is 0 Å². The third-order valence-corrected chi connectivity index (χ3v) is 4.26. The molecule has 0 aliphatic carbocycles. The van der Waals surface area contributed by atoms with E-state index in [0.717, 1.165) is 12.8 Å². The first-order valence-corrected chi connectivity index (χ1v) is 8.19. The molecule has 1 aromatic rings. The minimum atomic E-state index is -3.87. The van der Waals surface area contributed by atoms with Crippen LogP contribution in [0, 0.1) is 0 Å². The van der Waals surface area contributed by atoms with E-state index in [2.05, 4.69) is 0 Å². The number of nitrogen functional groups attached to an aromatic ring is 1. The van der Waals surface area contributed by atoms with Crippen LogP contribution < -0.4 is 15.8 Å². The Balaban J connectivity index is 3.40. The first-order chi connectivity index (χ1) is 9.35. The fourth-order valence-corrected chi connectivity index (χ4v) is 3.11. The molecule has 0 saturated heterocycles. The van der Waals surface area contributed by atoms with Crippen molar-refractivity contribution in [2.45, 2.75) is 37.6 Å². The number of aliphatic hydroxyl groups excluding tert-OH is 1. The maximum atomic E-state index is 11.7. The Kier molecular flexibility index (Phi) is 5.79. The Labute approximate surface area is 120 Å². The van der Waals surface area contributed by atoms with Crippen LogP contribution >= 0.6 is 0 Å². The maximum absolute atomic E-state index is 11.7. The molecule has 0 unspecified atom stereocenters. The molecule has 0 radical (unpaired) electrons. The van der Waals surface area contributed by atoms with Crippen LogP contribution in [0.2, 0.25) is 0 Å². The van der Waals surface area contributed by atoms with Crippen molar-refractivity contribution in [1.82, 2.24) is 0 Å². The van der Waals surface area contributed by atoms with Gasteiger partial charge in [0.15, 0.2) is 0 Å². The summed E-state index contributed by atoms with van der Waals surface area (Å²) in [7, 11) is -3.87. The van der Waals surface area contributed by atoms with Gasteiger partial charge in [0.25, 0.3) is 0 Å². The normalized spacial score (nSPS) is 11.8. The molecule has 0 aromatic heterocycles. The van der Waals surface area contributed by atoms with Crippen LogP contribution in [0.1, 0.15) is 26.7 Å². The molecule has 0 fully saturated rings. The SMILES string of the molecule is CCC(CC)N(CCO)c1ccc(N)cc1S(N)(=O)=O. The molecule has 1 aromatic carbocycles. The molecule has 6 nitrogen and oxygen atoms in total. The summed E-state index contributed by atoms with van der Waals surface area (Å²) in [6.07, 6.45) is 1.68. The van der Waals surface area contributed by atoms with Crippen LogP contribution in [0.5, 0.6) is 0 Å². The van der Waals surface area contributed by atoms with Gasteiger partial charge in [-0.3, -0.25) is 0 Å². The molecule has 20 heavy (non-hydrogen) atoms. The highest BCUT2D eigenvalue weighted by molar-refractivity contribution is 7.89. The van der Waals surface area contributed by atoms with E-state index >= 15 is 0 Å². The highest BCUT2D eigenvalue weighted by Gasteiger charge is 2.23. The predicted molar refractivity (Wildman–Crippen MR) is 81.0 cm³/mol. The fraction of sp³-hybridized carbons (Fsp3) is 0.538. The maximum Gasteiger partial charge on any atom is 0.240 e. The lowest BCUT2D eigenvalue weighted by atomic mass is 10.1. The minimum absolute atomic E-state index is 0.00199. The van der Waals surface area contributed by atoms with E-state index in [4.69, 9.17) is 10.9 Å². The number of nitrogens with zero attached hydrogens (tertiary/aromatic N) is 1. The third-order valence-electron chi connectivity index (χ3n) is 3.32. The molecule has 0 amide bonds. The molecule has 7 heteroatoms. The summed E-state index contributed by atoms with van der Waals surface area (Å²) in [5.74, 6) is 0. The molecule has 5 N–H and O–H groups in total. The predicted octanol–water partition coefficient (Wildman–Crippen LogP) is 0.904. The molecular weight excluding hydrogens is 278 g/mol. The van der Waals surface area contributed by atoms with Crippen LogP contribution in [-0.2, 0) is 10.0 Å². The molecule has 0 heterocycles. The van der Waals surface area contributed by atoms with Crippen molar-refractivity contribution in [2.24, 2.45) is 5.14 Å². The lowest BCUT2D eigenvalue weighted by Crippen LogP contribution is -2.38. The Morgan fingerprint density at radius 2 is 1.90 bits per heavy atom. The number of hydrogen-bond acceptors (Lipinski definition) is 5. The van der Waals surface area contributed by atoms with E-state index in [-0.39, 0.29) is 17.5 Å². The second-order valence-electron chi connectivity index (χ2n) is 4.66. The summed E-state index contributed by atoms with van der Waals surface area (Å²) in [5, 5.41) is 14.5. The second-order valence-corrected chi connectivity index (χ2v) is 6.19.